The number of ether oxygens (including phenoxy) is 1. The molecule has 0 bridgehead atoms. The summed E-state index contributed by atoms with van der Waals surface area (Å²) in [6.07, 6.45) is -1.84. The van der Waals surface area contributed by atoms with Crippen molar-refractivity contribution >= 4 is 29.1 Å². The lowest BCUT2D eigenvalue weighted by atomic mass is 10.1. The Labute approximate surface area is 216 Å². The predicted molar refractivity (Wildman–Crippen MR) is 136 cm³/mol. The average molecular weight is 530 g/mol. The number of amides is 2. The lowest BCUT2D eigenvalue weighted by molar-refractivity contribution is -0.274. The SMILES string of the molecule is CN1CCN(CC(=O)Nc2cc(C(=O)Nc3ccc(-c4cnc(N)nc4)cc3)ccc2OC(F)(F)F)CC1. The molecule has 4 N–H and O–H groups in total. The van der Waals surface area contributed by atoms with E-state index < -0.39 is 23.9 Å². The minimum atomic E-state index is -4.97. The molecule has 0 saturated carbocycles. The molecule has 200 valence electrons. The van der Waals surface area contributed by atoms with E-state index in [-0.39, 0.29) is 23.7 Å². The van der Waals surface area contributed by atoms with Crippen LogP contribution in [-0.2, 0) is 4.79 Å². The molecule has 0 spiro atoms. The Balaban J connectivity index is 1.47. The lowest BCUT2D eigenvalue weighted by Crippen LogP contribution is -2.47. The molecule has 1 saturated heterocycles. The minimum Gasteiger partial charge on any atom is -0.404 e. The number of halogens is 3. The minimum absolute atomic E-state index is 0.00111. The van der Waals surface area contributed by atoms with Gasteiger partial charge in [-0.05, 0) is 42.9 Å². The number of hydrogen-bond donors (Lipinski definition) is 3. The molecular formula is C25H26F3N7O3. The summed E-state index contributed by atoms with van der Waals surface area (Å²) < 4.78 is 42.9. The number of nitrogens with one attached hydrogen (secondary N) is 2. The zero-order valence-electron chi connectivity index (χ0n) is 20.5. The highest BCUT2D eigenvalue weighted by atomic mass is 19.4. The number of anilines is 3. The monoisotopic (exact) mass is 529 g/mol. The van der Waals surface area contributed by atoms with Crippen LogP contribution in [0.15, 0.2) is 54.9 Å². The molecule has 0 aliphatic carbocycles. The van der Waals surface area contributed by atoms with Crippen molar-refractivity contribution in [1.82, 2.24) is 19.8 Å². The van der Waals surface area contributed by atoms with Crippen LogP contribution in [0.25, 0.3) is 11.1 Å². The summed E-state index contributed by atoms with van der Waals surface area (Å²) in [4.78, 5) is 37.4. The Kier molecular flexibility index (Phi) is 8.08. The molecule has 0 atom stereocenters. The van der Waals surface area contributed by atoms with Crippen LogP contribution in [0.1, 0.15) is 10.4 Å². The maximum absolute atomic E-state index is 12.9. The average Bonchev–Trinajstić information content (AvgIpc) is 2.86. The maximum Gasteiger partial charge on any atom is 0.573 e. The molecule has 0 radical (unpaired) electrons. The summed E-state index contributed by atoms with van der Waals surface area (Å²) in [5.74, 6) is -1.56. The summed E-state index contributed by atoms with van der Waals surface area (Å²) in [5, 5.41) is 5.15. The third-order valence-corrected chi connectivity index (χ3v) is 5.85. The van der Waals surface area contributed by atoms with E-state index >= 15 is 0 Å². The van der Waals surface area contributed by atoms with Crippen LogP contribution in [0.4, 0.5) is 30.5 Å². The van der Waals surface area contributed by atoms with Gasteiger partial charge in [-0.2, -0.15) is 0 Å². The Morgan fingerprint density at radius 2 is 1.63 bits per heavy atom. The molecule has 2 heterocycles. The van der Waals surface area contributed by atoms with Gasteiger partial charge in [0.05, 0.1) is 12.2 Å². The lowest BCUT2D eigenvalue weighted by Gasteiger charge is -2.31. The first-order valence-electron chi connectivity index (χ1n) is 11.7. The molecule has 38 heavy (non-hydrogen) atoms. The van der Waals surface area contributed by atoms with Gasteiger partial charge in [0.25, 0.3) is 5.91 Å². The van der Waals surface area contributed by atoms with E-state index in [4.69, 9.17) is 5.73 Å². The van der Waals surface area contributed by atoms with E-state index in [9.17, 15) is 22.8 Å². The molecule has 1 aliphatic rings. The van der Waals surface area contributed by atoms with Gasteiger partial charge in [0.15, 0.2) is 5.75 Å². The maximum atomic E-state index is 12.9. The van der Waals surface area contributed by atoms with Crippen LogP contribution in [0.2, 0.25) is 0 Å². The van der Waals surface area contributed by atoms with Gasteiger partial charge in [-0.3, -0.25) is 14.5 Å². The van der Waals surface area contributed by atoms with Crippen molar-refractivity contribution < 1.29 is 27.5 Å². The van der Waals surface area contributed by atoms with Gasteiger partial charge in [0, 0.05) is 55.4 Å². The number of aromatic nitrogens is 2. The second kappa shape index (κ2) is 11.4. The summed E-state index contributed by atoms with van der Waals surface area (Å²) in [6, 6.07) is 10.1. The largest absolute Gasteiger partial charge is 0.573 e. The van der Waals surface area contributed by atoms with Gasteiger partial charge >= 0.3 is 6.36 Å². The fraction of sp³-hybridized carbons (Fsp3) is 0.280. The first-order valence-corrected chi connectivity index (χ1v) is 11.7. The number of carbonyl (C=O) groups excluding carboxylic acids is 2. The van der Waals surface area contributed by atoms with E-state index in [0.717, 1.165) is 36.3 Å². The molecule has 4 rings (SSSR count). The standard InChI is InChI=1S/C25H26F3N7O3/c1-34-8-10-35(11-9-34)15-22(36)33-20-12-17(4-7-21(20)38-25(26,27)28)23(37)32-19-5-2-16(3-6-19)18-13-30-24(29)31-14-18/h2-7,12-14H,8-11,15H2,1H3,(H,32,37)(H,33,36)(H2,29,30,31). The predicted octanol–water partition coefficient (Wildman–Crippen LogP) is 3.06. The number of alkyl halides is 3. The summed E-state index contributed by atoms with van der Waals surface area (Å²) in [6.45, 7) is 2.87. The molecule has 1 aliphatic heterocycles. The Hall–Kier alpha value is -4.23. The van der Waals surface area contributed by atoms with Crippen LogP contribution in [0, 0.1) is 0 Å². The number of rotatable bonds is 7. The van der Waals surface area contributed by atoms with Crippen molar-refractivity contribution in [3.8, 4) is 16.9 Å². The van der Waals surface area contributed by atoms with Crippen molar-refractivity contribution in [2.45, 2.75) is 6.36 Å². The van der Waals surface area contributed by atoms with Crippen LogP contribution in [0.3, 0.4) is 0 Å². The Bertz CT molecular complexity index is 1280. The first kappa shape index (κ1) is 26.8. The van der Waals surface area contributed by atoms with Gasteiger partial charge in [-0.1, -0.05) is 12.1 Å². The Morgan fingerprint density at radius 1 is 0.974 bits per heavy atom. The van der Waals surface area contributed by atoms with E-state index in [1.807, 2.05) is 11.9 Å². The van der Waals surface area contributed by atoms with Gasteiger partial charge in [0.2, 0.25) is 11.9 Å². The Morgan fingerprint density at radius 3 is 2.26 bits per heavy atom. The van der Waals surface area contributed by atoms with Crippen molar-refractivity contribution in [3.05, 3.63) is 60.4 Å². The van der Waals surface area contributed by atoms with E-state index in [1.54, 1.807) is 36.7 Å². The van der Waals surface area contributed by atoms with Crippen LogP contribution in [-0.4, -0.2) is 77.7 Å². The molecule has 1 fully saturated rings. The van der Waals surface area contributed by atoms with Gasteiger partial charge in [0.1, 0.15) is 0 Å². The normalized spacial score (nSPS) is 14.6. The number of nitrogen functional groups attached to an aromatic ring is 1. The highest BCUT2D eigenvalue weighted by Gasteiger charge is 2.32. The van der Waals surface area contributed by atoms with Gasteiger partial charge in [-0.25, -0.2) is 9.97 Å². The number of piperazine rings is 1. The van der Waals surface area contributed by atoms with Crippen LogP contribution >= 0.6 is 0 Å². The number of nitrogens with two attached hydrogens (primary N) is 1. The molecule has 0 unspecified atom stereocenters. The smallest absolute Gasteiger partial charge is 0.404 e. The zero-order chi connectivity index (χ0) is 27.3. The molecule has 2 aromatic carbocycles. The van der Waals surface area contributed by atoms with E-state index in [2.05, 4.69) is 30.2 Å². The summed E-state index contributed by atoms with van der Waals surface area (Å²) in [7, 11) is 1.97. The zero-order valence-corrected chi connectivity index (χ0v) is 20.5. The fourth-order valence-corrected chi connectivity index (χ4v) is 3.82. The number of likely N-dealkylation sites (N-methyl/N-ethyl adjacent to an activating group) is 1. The van der Waals surface area contributed by atoms with Crippen molar-refractivity contribution in [2.24, 2.45) is 0 Å². The number of hydrogen-bond acceptors (Lipinski definition) is 8. The van der Waals surface area contributed by atoms with E-state index in [1.165, 1.54) is 6.07 Å². The van der Waals surface area contributed by atoms with Gasteiger partial charge < -0.3 is 26.0 Å². The van der Waals surface area contributed by atoms with Crippen LogP contribution < -0.4 is 21.1 Å². The number of benzene rings is 2. The summed E-state index contributed by atoms with van der Waals surface area (Å²) in [5.41, 5.74) is 7.25. The van der Waals surface area contributed by atoms with E-state index in [0.29, 0.717) is 18.8 Å². The molecule has 3 aromatic rings. The van der Waals surface area contributed by atoms with Gasteiger partial charge in [-0.15, -0.1) is 13.2 Å². The molecule has 2 amide bonds. The first-order chi connectivity index (χ1) is 18.1. The second-order valence-electron chi connectivity index (χ2n) is 8.75. The highest BCUT2D eigenvalue weighted by molar-refractivity contribution is 6.06. The number of nitrogens with zero attached hydrogens (tertiary/aromatic N) is 4. The molecule has 13 heteroatoms. The van der Waals surface area contributed by atoms with Crippen molar-refractivity contribution in [3.63, 3.8) is 0 Å². The molecular weight excluding hydrogens is 503 g/mol. The molecule has 1 aromatic heterocycles. The third-order valence-electron chi connectivity index (χ3n) is 5.85. The quantitative estimate of drug-likeness (QED) is 0.427. The fourth-order valence-electron chi connectivity index (χ4n) is 3.82. The molecule has 10 nitrogen and oxygen atoms in total. The topological polar surface area (TPSA) is 126 Å². The second-order valence-corrected chi connectivity index (χ2v) is 8.75. The highest BCUT2D eigenvalue weighted by Crippen LogP contribution is 2.32. The van der Waals surface area contributed by atoms with Crippen LogP contribution in [0.5, 0.6) is 5.75 Å². The van der Waals surface area contributed by atoms with Crippen molar-refractivity contribution in [2.75, 3.05) is 56.1 Å². The summed E-state index contributed by atoms with van der Waals surface area (Å²) >= 11 is 0. The third kappa shape index (κ3) is 7.40. The van der Waals surface area contributed by atoms with Crippen molar-refractivity contribution in [1.29, 1.82) is 0 Å². The number of carbonyl (C=O) groups is 2.